The smallest absolute Gasteiger partial charge is 0.168 e. The summed E-state index contributed by atoms with van der Waals surface area (Å²) in [6.07, 6.45) is 2.56. The van der Waals surface area contributed by atoms with Crippen molar-refractivity contribution in [3.63, 3.8) is 0 Å². The maximum atomic E-state index is 12.6. The van der Waals surface area contributed by atoms with E-state index in [4.69, 9.17) is 4.84 Å². The van der Waals surface area contributed by atoms with Gasteiger partial charge in [-0.2, -0.15) is 0 Å². The Morgan fingerprint density at radius 3 is 2.50 bits per heavy atom. The molecule has 1 fully saturated rings. The van der Waals surface area contributed by atoms with Crippen molar-refractivity contribution >= 4 is 11.5 Å². The first kappa shape index (κ1) is 18.9. The summed E-state index contributed by atoms with van der Waals surface area (Å²) < 4.78 is 0. The SMILES string of the molecule is CCCC(=NOCC)C1=C(O)CC(C2CCC(O)C(O)C2)CC1=O. The van der Waals surface area contributed by atoms with Crippen LogP contribution in [0.5, 0.6) is 0 Å². The van der Waals surface area contributed by atoms with Crippen molar-refractivity contribution in [2.45, 2.75) is 71.0 Å². The largest absolute Gasteiger partial charge is 0.511 e. The fourth-order valence-corrected chi connectivity index (χ4v) is 3.77. The summed E-state index contributed by atoms with van der Waals surface area (Å²) in [6, 6.07) is 0. The summed E-state index contributed by atoms with van der Waals surface area (Å²) in [6.45, 7) is 4.23. The predicted octanol–water partition coefficient (Wildman–Crippen LogP) is 2.49. The second-order valence-electron chi connectivity index (χ2n) is 6.83. The standard InChI is InChI=1S/C18H29NO5/c1-3-5-13(19-24-4-2)18-16(22)9-12(10-17(18)23)11-6-7-14(20)15(21)8-11/h11-12,14-15,20-22H,3-10H2,1-2H3. The zero-order chi connectivity index (χ0) is 17.7. The lowest BCUT2D eigenvalue weighted by atomic mass is 9.71. The van der Waals surface area contributed by atoms with Gasteiger partial charge >= 0.3 is 0 Å². The van der Waals surface area contributed by atoms with Crippen molar-refractivity contribution in [3.05, 3.63) is 11.3 Å². The number of hydrogen-bond acceptors (Lipinski definition) is 6. The van der Waals surface area contributed by atoms with E-state index in [1.165, 1.54) is 0 Å². The van der Waals surface area contributed by atoms with E-state index in [2.05, 4.69) is 5.16 Å². The number of nitrogens with zero attached hydrogens (tertiary/aromatic N) is 1. The van der Waals surface area contributed by atoms with Crippen LogP contribution >= 0.6 is 0 Å². The number of aliphatic hydroxyl groups excluding tert-OH is 3. The van der Waals surface area contributed by atoms with E-state index in [-0.39, 0.29) is 23.4 Å². The van der Waals surface area contributed by atoms with Crippen LogP contribution in [0.2, 0.25) is 0 Å². The van der Waals surface area contributed by atoms with Crippen molar-refractivity contribution in [2.75, 3.05) is 6.61 Å². The van der Waals surface area contributed by atoms with Crippen LogP contribution in [0, 0.1) is 11.8 Å². The molecule has 4 unspecified atom stereocenters. The van der Waals surface area contributed by atoms with Crippen LogP contribution in [0.25, 0.3) is 0 Å². The zero-order valence-electron chi connectivity index (χ0n) is 14.6. The molecule has 24 heavy (non-hydrogen) atoms. The molecule has 2 aliphatic carbocycles. The molecular formula is C18H29NO5. The first-order valence-electron chi connectivity index (χ1n) is 8.98. The van der Waals surface area contributed by atoms with Gasteiger partial charge in [0, 0.05) is 12.8 Å². The Morgan fingerprint density at radius 1 is 1.17 bits per heavy atom. The van der Waals surface area contributed by atoms with E-state index in [1.54, 1.807) is 0 Å². The fraction of sp³-hybridized carbons (Fsp3) is 0.778. The molecule has 0 aromatic carbocycles. The molecule has 0 bridgehead atoms. The maximum absolute atomic E-state index is 12.6. The molecule has 3 N–H and O–H groups in total. The molecule has 136 valence electrons. The molecule has 6 nitrogen and oxygen atoms in total. The Labute approximate surface area is 143 Å². The summed E-state index contributed by atoms with van der Waals surface area (Å²) in [5.74, 6) is 0.146. The first-order chi connectivity index (χ1) is 11.5. The van der Waals surface area contributed by atoms with Crippen LogP contribution in [-0.2, 0) is 9.63 Å². The quantitative estimate of drug-likeness (QED) is 0.510. The summed E-state index contributed by atoms with van der Waals surface area (Å²) >= 11 is 0. The molecule has 0 radical (unpaired) electrons. The summed E-state index contributed by atoms with van der Waals surface area (Å²) in [7, 11) is 0. The second kappa shape index (κ2) is 8.62. The highest BCUT2D eigenvalue weighted by Crippen LogP contribution is 2.39. The van der Waals surface area contributed by atoms with E-state index in [0.29, 0.717) is 50.0 Å². The van der Waals surface area contributed by atoms with Crippen LogP contribution in [-0.4, -0.2) is 45.6 Å². The first-order valence-corrected chi connectivity index (χ1v) is 8.98. The summed E-state index contributed by atoms with van der Waals surface area (Å²) in [5.41, 5.74) is 0.845. The highest BCUT2D eigenvalue weighted by atomic mass is 16.6. The Kier molecular flexibility index (Phi) is 6.80. The number of carbonyl (C=O) groups is 1. The molecule has 0 aliphatic heterocycles. The normalized spacial score (nSPS) is 32.2. The van der Waals surface area contributed by atoms with Gasteiger partial charge in [-0.05, 0) is 44.4 Å². The number of oxime groups is 1. The van der Waals surface area contributed by atoms with E-state index >= 15 is 0 Å². The van der Waals surface area contributed by atoms with Gasteiger partial charge in [0.2, 0.25) is 0 Å². The van der Waals surface area contributed by atoms with E-state index in [9.17, 15) is 20.1 Å². The van der Waals surface area contributed by atoms with Gasteiger partial charge in [0.05, 0.1) is 23.5 Å². The minimum atomic E-state index is -0.735. The van der Waals surface area contributed by atoms with Crippen molar-refractivity contribution in [3.8, 4) is 0 Å². The third-order valence-electron chi connectivity index (χ3n) is 5.04. The van der Waals surface area contributed by atoms with Crippen LogP contribution in [0.3, 0.4) is 0 Å². The van der Waals surface area contributed by atoms with Crippen LogP contribution in [0.1, 0.15) is 58.8 Å². The average molecular weight is 339 g/mol. The lowest BCUT2D eigenvalue weighted by Crippen LogP contribution is -2.38. The molecule has 0 amide bonds. The van der Waals surface area contributed by atoms with Gasteiger partial charge in [0.1, 0.15) is 12.4 Å². The van der Waals surface area contributed by atoms with Gasteiger partial charge in [-0.25, -0.2) is 0 Å². The van der Waals surface area contributed by atoms with Gasteiger partial charge in [0.25, 0.3) is 0 Å². The van der Waals surface area contributed by atoms with Crippen molar-refractivity contribution in [1.29, 1.82) is 0 Å². The Morgan fingerprint density at radius 2 is 1.92 bits per heavy atom. The minimum absolute atomic E-state index is 0.0124. The van der Waals surface area contributed by atoms with E-state index in [1.807, 2.05) is 13.8 Å². The Bertz CT molecular complexity index is 514. The predicted molar refractivity (Wildman–Crippen MR) is 90.7 cm³/mol. The highest BCUT2D eigenvalue weighted by Gasteiger charge is 2.38. The zero-order valence-corrected chi connectivity index (χ0v) is 14.6. The van der Waals surface area contributed by atoms with Crippen molar-refractivity contribution in [1.82, 2.24) is 0 Å². The van der Waals surface area contributed by atoms with Gasteiger partial charge in [-0.3, -0.25) is 4.79 Å². The molecule has 0 aromatic heterocycles. The molecule has 2 rings (SSSR count). The number of rotatable bonds is 6. The van der Waals surface area contributed by atoms with Gasteiger partial charge < -0.3 is 20.2 Å². The van der Waals surface area contributed by atoms with Crippen LogP contribution in [0.4, 0.5) is 0 Å². The number of allylic oxidation sites excluding steroid dienone is 2. The summed E-state index contributed by atoms with van der Waals surface area (Å²) in [5, 5.41) is 34.0. The molecule has 0 aromatic rings. The molecule has 2 aliphatic rings. The van der Waals surface area contributed by atoms with E-state index < -0.39 is 12.2 Å². The minimum Gasteiger partial charge on any atom is -0.511 e. The second-order valence-corrected chi connectivity index (χ2v) is 6.83. The molecule has 0 heterocycles. The number of ketones is 1. The Hall–Kier alpha value is -1.40. The lowest BCUT2D eigenvalue weighted by Gasteiger charge is -2.36. The van der Waals surface area contributed by atoms with Gasteiger partial charge in [0.15, 0.2) is 5.78 Å². The van der Waals surface area contributed by atoms with Crippen LogP contribution in [0.15, 0.2) is 16.5 Å². The monoisotopic (exact) mass is 339 g/mol. The number of hydrogen-bond donors (Lipinski definition) is 3. The number of carbonyl (C=O) groups excluding carboxylic acids is 1. The molecule has 6 heteroatoms. The Balaban J connectivity index is 2.14. The molecule has 0 spiro atoms. The van der Waals surface area contributed by atoms with Crippen LogP contribution < -0.4 is 0 Å². The number of Topliss-reactive ketones (excluding diaryl/α,β-unsaturated/α-hetero) is 1. The average Bonchev–Trinajstić information content (AvgIpc) is 2.54. The van der Waals surface area contributed by atoms with Gasteiger partial charge in [-0.1, -0.05) is 18.5 Å². The van der Waals surface area contributed by atoms with Gasteiger partial charge in [-0.15, -0.1) is 0 Å². The third-order valence-corrected chi connectivity index (χ3v) is 5.04. The number of aliphatic hydroxyl groups is 3. The topological polar surface area (TPSA) is 99.3 Å². The van der Waals surface area contributed by atoms with Crippen molar-refractivity contribution in [2.24, 2.45) is 17.0 Å². The van der Waals surface area contributed by atoms with Crippen molar-refractivity contribution < 1.29 is 25.0 Å². The molecule has 4 atom stereocenters. The summed E-state index contributed by atoms with van der Waals surface area (Å²) in [4.78, 5) is 17.7. The van der Waals surface area contributed by atoms with E-state index in [0.717, 1.165) is 12.8 Å². The molecule has 0 saturated heterocycles. The molecule has 1 saturated carbocycles. The lowest BCUT2D eigenvalue weighted by molar-refractivity contribution is -0.118. The molecular weight excluding hydrogens is 310 g/mol. The maximum Gasteiger partial charge on any atom is 0.168 e. The highest BCUT2D eigenvalue weighted by molar-refractivity contribution is 6.23. The fourth-order valence-electron chi connectivity index (χ4n) is 3.77. The third kappa shape index (κ3) is 4.36.